The largest absolute Gasteiger partial charge is 0.396 e. The fourth-order valence-electron chi connectivity index (χ4n) is 2.35. The molecular formula is C13H20N2OS2. The standard InChI is InChI=1S/C13H20N2OS2/c1-3-9(16)11-10(14)12(17-2)13(18-11)15-8-6-4-5-7-8/h8,15H,3-7,14H2,1-2H3. The van der Waals surface area contributed by atoms with E-state index in [4.69, 9.17) is 5.73 Å². The molecule has 100 valence electrons. The second kappa shape index (κ2) is 5.97. The normalized spacial score (nSPS) is 16.1. The van der Waals surface area contributed by atoms with Crippen LogP contribution >= 0.6 is 23.1 Å². The Morgan fingerprint density at radius 3 is 2.72 bits per heavy atom. The smallest absolute Gasteiger partial charge is 0.174 e. The van der Waals surface area contributed by atoms with Gasteiger partial charge in [0.1, 0.15) is 5.00 Å². The van der Waals surface area contributed by atoms with Crippen LogP contribution in [-0.2, 0) is 0 Å². The molecule has 0 aliphatic heterocycles. The molecule has 0 amide bonds. The number of carbonyl (C=O) groups excluding carboxylic acids is 1. The first kappa shape index (κ1) is 13.7. The predicted molar refractivity (Wildman–Crippen MR) is 81.0 cm³/mol. The van der Waals surface area contributed by atoms with Crippen LogP contribution in [0.4, 0.5) is 10.7 Å². The van der Waals surface area contributed by atoms with Crippen molar-refractivity contribution < 1.29 is 4.79 Å². The molecule has 1 aromatic rings. The van der Waals surface area contributed by atoms with Crippen molar-refractivity contribution in [3.63, 3.8) is 0 Å². The van der Waals surface area contributed by atoms with Crippen molar-refractivity contribution in [2.75, 3.05) is 17.3 Å². The van der Waals surface area contributed by atoms with Gasteiger partial charge in [0.15, 0.2) is 5.78 Å². The van der Waals surface area contributed by atoms with Crippen molar-refractivity contribution in [3.8, 4) is 0 Å². The Balaban J connectivity index is 2.25. The SMILES string of the molecule is CCC(=O)c1sc(NC2CCCC2)c(SC)c1N. The van der Waals surface area contributed by atoms with Crippen LogP contribution < -0.4 is 11.1 Å². The van der Waals surface area contributed by atoms with Gasteiger partial charge in [0.25, 0.3) is 0 Å². The number of Topliss-reactive ketones (excluding diaryl/α,β-unsaturated/α-hetero) is 1. The number of hydrogen-bond donors (Lipinski definition) is 2. The highest BCUT2D eigenvalue weighted by atomic mass is 32.2. The number of rotatable bonds is 5. The molecule has 1 saturated carbocycles. The molecule has 1 heterocycles. The number of thioether (sulfide) groups is 1. The Bertz CT molecular complexity index is 436. The lowest BCUT2D eigenvalue weighted by Crippen LogP contribution is -2.13. The van der Waals surface area contributed by atoms with Crippen molar-refractivity contribution in [3.05, 3.63) is 4.88 Å². The van der Waals surface area contributed by atoms with E-state index < -0.39 is 0 Å². The maximum absolute atomic E-state index is 11.8. The quantitative estimate of drug-likeness (QED) is 0.634. The fourth-order valence-corrected chi connectivity index (χ4v) is 4.46. The minimum atomic E-state index is 0.146. The van der Waals surface area contributed by atoms with Gasteiger partial charge >= 0.3 is 0 Å². The molecule has 3 nitrogen and oxygen atoms in total. The van der Waals surface area contributed by atoms with Crippen molar-refractivity contribution in [2.24, 2.45) is 0 Å². The number of ketones is 1. The maximum atomic E-state index is 11.8. The van der Waals surface area contributed by atoms with E-state index in [2.05, 4.69) is 5.32 Å². The van der Waals surface area contributed by atoms with Gasteiger partial charge in [-0.25, -0.2) is 0 Å². The van der Waals surface area contributed by atoms with Crippen LogP contribution in [-0.4, -0.2) is 18.1 Å². The van der Waals surface area contributed by atoms with E-state index in [1.807, 2.05) is 13.2 Å². The summed E-state index contributed by atoms with van der Waals surface area (Å²) >= 11 is 3.15. The molecular weight excluding hydrogens is 264 g/mol. The van der Waals surface area contributed by atoms with Gasteiger partial charge in [0.05, 0.1) is 15.5 Å². The molecule has 5 heteroatoms. The van der Waals surface area contributed by atoms with Gasteiger partial charge in [-0.2, -0.15) is 0 Å². The summed E-state index contributed by atoms with van der Waals surface area (Å²) in [4.78, 5) is 13.6. The Hall–Kier alpha value is -0.680. The minimum Gasteiger partial charge on any atom is -0.396 e. The number of thiophene rings is 1. The first-order valence-corrected chi connectivity index (χ1v) is 8.47. The second-order valence-corrected chi connectivity index (χ2v) is 6.45. The van der Waals surface area contributed by atoms with E-state index in [0.717, 1.165) is 14.8 Å². The summed E-state index contributed by atoms with van der Waals surface area (Å²) in [5.74, 6) is 0.146. The molecule has 0 atom stereocenters. The summed E-state index contributed by atoms with van der Waals surface area (Å²) in [6, 6.07) is 0.554. The van der Waals surface area contributed by atoms with Crippen LogP contribution in [0.5, 0.6) is 0 Å². The van der Waals surface area contributed by atoms with Crippen molar-refractivity contribution in [1.82, 2.24) is 0 Å². The Labute approximate surface area is 117 Å². The topological polar surface area (TPSA) is 55.1 Å². The van der Waals surface area contributed by atoms with E-state index in [-0.39, 0.29) is 5.78 Å². The molecule has 1 aromatic heterocycles. The molecule has 0 aromatic carbocycles. The molecule has 18 heavy (non-hydrogen) atoms. The lowest BCUT2D eigenvalue weighted by Gasteiger charge is -2.12. The average Bonchev–Trinajstić information content (AvgIpc) is 2.97. The van der Waals surface area contributed by atoms with E-state index in [1.54, 1.807) is 11.8 Å². The molecule has 0 radical (unpaired) electrons. The lowest BCUT2D eigenvalue weighted by molar-refractivity contribution is 0.0992. The Morgan fingerprint density at radius 2 is 2.17 bits per heavy atom. The molecule has 0 saturated heterocycles. The molecule has 0 spiro atoms. The zero-order chi connectivity index (χ0) is 13.1. The number of anilines is 2. The highest BCUT2D eigenvalue weighted by Gasteiger charge is 2.22. The number of nitrogens with one attached hydrogen (secondary N) is 1. The summed E-state index contributed by atoms with van der Waals surface area (Å²) in [5.41, 5.74) is 6.76. The van der Waals surface area contributed by atoms with Gasteiger partial charge < -0.3 is 11.1 Å². The van der Waals surface area contributed by atoms with Crippen LogP contribution in [0.25, 0.3) is 0 Å². The highest BCUT2D eigenvalue weighted by Crippen LogP contribution is 2.43. The monoisotopic (exact) mass is 284 g/mol. The predicted octanol–water partition coefficient (Wildman–Crippen LogP) is 4.00. The number of nitrogen functional groups attached to an aromatic ring is 1. The van der Waals surface area contributed by atoms with Gasteiger partial charge in [0.2, 0.25) is 0 Å². The summed E-state index contributed by atoms with van der Waals surface area (Å²) in [7, 11) is 0. The Morgan fingerprint density at radius 1 is 1.50 bits per heavy atom. The zero-order valence-corrected chi connectivity index (χ0v) is 12.5. The molecule has 1 aliphatic carbocycles. The summed E-state index contributed by atoms with van der Waals surface area (Å²) in [6.45, 7) is 1.88. The molecule has 0 bridgehead atoms. The van der Waals surface area contributed by atoms with E-state index in [9.17, 15) is 4.79 Å². The molecule has 3 N–H and O–H groups in total. The molecule has 1 aliphatic rings. The van der Waals surface area contributed by atoms with E-state index >= 15 is 0 Å². The van der Waals surface area contributed by atoms with Crippen LogP contribution in [0.2, 0.25) is 0 Å². The first-order chi connectivity index (χ1) is 8.67. The second-order valence-electron chi connectivity index (χ2n) is 4.61. The van der Waals surface area contributed by atoms with Gasteiger partial charge in [-0.15, -0.1) is 23.1 Å². The number of hydrogen-bond acceptors (Lipinski definition) is 5. The molecule has 0 unspecified atom stereocenters. The van der Waals surface area contributed by atoms with Crippen LogP contribution in [0, 0.1) is 0 Å². The van der Waals surface area contributed by atoms with Gasteiger partial charge in [-0.3, -0.25) is 4.79 Å². The van der Waals surface area contributed by atoms with Crippen molar-refractivity contribution >= 4 is 39.6 Å². The number of carbonyl (C=O) groups is 1. The van der Waals surface area contributed by atoms with Crippen LogP contribution in [0.3, 0.4) is 0 Å². The van der Waals surface area contributed by atoms with Gasteiger partial charge in [-0.05, 0) is 19.1 Å². The van der Waals surface area contributed by atoms with E-state index in [1.165, 1.54) is 37.0 Å². The highest BCUT2D eigenvalue weighted by molar-refractivity contribution is 7.99. The lowest BCUT2D eigenvalue weighted by atomic mass is 10.2. The van der Waals surface area contributed by atoms with Crippen molar-refractivity contribution in [2.45, 2.75) is 50.0 Å². The van der Waals surface area contributed by atoms with Crippen molar-refractivity contribution in [1.29, 1.82) is 0 Å². The summed E-state index contributed by atoms with van der Waals surface area (Å²) in [5, 5.41) is 4.65. The summed E-state index contributed by atoms with van der Waals surface area (Å²) in [6.07, 6.45) is 7.58. The third-order valence-corrected chi connectivity index (χ3v) is 5.51. The zero-order valence-electron chi connectivity index (χ0n) is 10.9. The first-order valence-electron chi connectivity index (χ1n) is 6.43. The third-order valence-electron chi connectivity index (χ3n) is 3.37. The number of nitrogens with two attached hydrogens (primary N) is 1. The Kier molecular flexibility index (Phi) is 4.56. The minimum absolute atomic E-state index is 0.146. The van der Waals surface area contributed by atoms with Gasteiger partial charge in [-0.1, -0.05) is 19.8 Å². The van der Waals surface area contributed by atoms with Gasteiger partial charge in [0, 0.05) is 12.5 Å². The molecule has 2 rings (SSSR count). The fraction of sp³-hybridized carbons (Fsp3) is 0.615. The summed E-state index contributed by atoms with van der Waals surface area (Å²) < 4.78 is 0. The van der Waals surface area contributed by atoms with E-state index in [0.29, 0.717) is 18.2 Å². The van der Waals surface area contributed by atoms with Crippen LogP contribution in [0.15, 0.2) is 4.90 Å². The third kappa shape index (κ3) is 2.67. The maximum Gasteiger partial charge on any atom is 0.174 e. The van der Waals surface area contributed by atoms with Crippen LogP contribution in [0.1, 0.15) is 48.7 Å². The molecule has 1 fully saturated rings. The average molecular weight is 284 g/mol.